The van der Waals surface area contributed by atoms with Gasteiger partial charge in [-0.05, 0) is 142 Å². The lowest BCUT2D eigenvalue weighted by molar-refractivity contribution is 1.01. The molecule has 1 aliphatic heterocycles. The van der Waals surface area contributed by atoms with Gasteiger partial charge in [0.1, 0.15) is 11.6 Å². The minimum absolute atomic E-state index is 0.802. The van der Waals surface area contributed by atoms with Crippen LogP contribution in [-0.4, -0.2) is 28.7 Å². The molecular weight excluding hydrogens is 887 g/mol. The van der Waals surface area contributed by atoms with Crippen LogP contribution < -0.4 is 4.90 Å². The molecule has 0 atom stereocenters. The number of para-hydroxylation sites is 6. The molecule has 0 radical (unpaired) electrons. The molecule has 0 saturated carbocycles. The van der Waals surface area contributed by atoms with Crippen LogP contribution in [-0.2, 0) is 0 Å². The number of imidazole rings is 3. The Labute approximate surface area is 412 Å². The molecule has 0 unspecified atom stereocenters. The first-order valence-corrected chi connectivity index (χ1v) is 24.7. The van der Waals surface area contributed by atoms with E-state index in [-0.39, 0.29) is 0 Å². The second-order valence-corrected chi connectivity index (χ2v) is 19.2. The minimum atomic E-state index is 0.802. The predicted octanol–water partition coefficient (Wildman–Crippen LogP) is 16.4. The van der Waals surface area contributed by atoms with Gasteiger partial charge in [0, 0.05) is 38.0 Å². The largest absolute Gasteiger partial charge is 0.292 e. The van der Waals surface area contributed by atoms with Crippen LogP contribution in [0.3, 0.4) is 0 Å². The summed E-state index contributed by atoms with van der Waals surface area (Å²) in [5.41, 5.74) is 13.2. The molecule has 8 heteroatoms. The smallest absolute Gasteiger partial charge is 0.220 e. The van der Waals surface area contributed by atoms with Crippen molar-refractivity contribution in [3.63, 3.8) is 0 Å². The summed E-state index contributed by atoms with van der Waals surface area (Å²) in [7, 11) is 0. The second kappa shape index (κ2) is 15.6. The van der Waals surface area contributed by atoms with Gasteiger partial charge in [0.2, 0.25) is 5.95 Å². The molecule has 0 spiro atoms. The third-order valence-electron chi connectivity index (χ3n) is 14.0. The Balaban J connectivity index is 0.955. The van der Waals surface area contributed by atoms with Crippen molar-refractivity contribution in [2.24, 2.45) is 0 Å². The molecule has 11 aromatic carbocycles. The van der Waals surface area contributed by atoms with E-state index in [0.717, 1.165) is 100 Å². The van der Waals surface area contributed by atoms with Gasteiger partial charge in [0.15, 0.2) is 0 Å². The summed E-state index contributed by atoms with van der Waals surface area (Å²) in [5.74, 6) is 2.56. The van der Waals surface area contributed by atoms with E-state index in [0.29, 0.717) is 0 Å². The van der Waals surface area contributed by atoms with E-state index in [2.05, 4.69) is 255 Å². The van der Waals surface area contributed by atoms with Crippen LogP contribution in [0, 0.1) is 0 Å². The summed E-state index contributed by atoms with van der Waals surface area (Å²) in [5, 5.41) is 7.13. The molecule has 1 aliphatic rings. The van der Waals surface area contributed by atoms with E-state index in [1.807, 2.05) is 0 Å². The van der Waals surface area contributed by atoms with Crippen LogP contribution in [0.4, 0.5) is 17.3 Å². The molecule has 0 fully saturated rings. The van der Waals surface area contributed by atoms with Gasteiger partial charge in [-0.2, -0.15) is 0 Å². The van der Waals surface area contributed by atoms with Crippen molar-refractivity contribution in [2.45, 2.75) is 9.79 Å². The summed E-state index contributed by atoms with van der Waals surface area (Å²) >= 11 is 1.78. The molecule has 0 saturated heterocycles. The Kier molecular flexibility index (Phi) is 8.75. The van der Waals surface area contributed by atoms with Crippen LogP contribution >= 0.6 is 11.8 Å². The van der Waals surface area contributed by atoms with Gasteiger partial charge in [0.25, 0.3) is 0 Å². The molecule has 0 bridgehead atoms. The molecule has 332 valence electrons. The fourth-order valence-corrected chi connectivity index (χ4v) is 11.8. The van der Waals surface area contributed by atoms with Gasteiger partial charge in [0.05, 0.1) is 44.5 Å². The molecule has 7 nitrogen and oxygen atoms in total. The van der Waals surface area contributed by atoms with Crippen molar-refractivity contribution in [3.8, 4) is 39.8 Å². The van der Waals surface area contributed by atoms with Crippen LogP contribution in [0.15, 0.2) is 246 Å². The van der Waals surface area contributed by atoms with Crippen LogP contribution in [0.25, 0.3) is 105 Å². The highest BCUT2D eigenvalue weighted by atomic mass is 32.2. The highest BCUT2D eigenvalue weighted by molar-refractivity contribution is 7.99. The van der Waals surface area contributed by atoms with Crippen LogP contribution in [0.2, 0.25) is 0 Å². The van der Waals surface area contributed by atoms with E-state index in [9.17, 15) is 0 Å². The number of aromatic nitrogens is 6. The first kappa shape index (κ1) is 39.7. The van der Waals surface area contributed by atoms with Crippen molar-refractivity contribution in [1.82, 2.24) is 28.7 Å². The summed E-state index contributed by atoms with van der Waals surface area (Å²) in [6.07, 6.45) is 0. The van der Waals surface area contributed by atoms with Gasteiger partial charge in [-0.1, -0.05) is 139 Å². The third-order valence-corrected chi connectivity index (χ3v) is 15.1. The van der Waals surface area contributed by atoms with Gasteiger partial charge < -0.3 is 0 Å². The molecular formula is C63H39N7S. The zero-order valence-electron chi connectivity index (χ0n) is 38.1. The lowest BCUT2D eigenvalue weighted by atomic mass is 10.1. The number of nitrogens with zero attached hydrogens (tertiary/aromatic N) is 7. The molecule has 0 aliphatic carbocycles. The Hall–Kier alpha value is -9.24. The number of benzene rings is 11. The Morgan fingerprint density at radius 3 is 1.11 bits per heavy atom. The molecule has 0 N–H and O–H groups in total. The normalized spacial score (nSPS) is 12.4. The van der Waals surface area contributed by atoms with E-state index >= 15 is 0 Å². The van der Waals surface area contributed by atoms with Crippen LogP contribution in [0.1, 0.15) is 0 Å². The third kappa shape index (κ3) is 6.35. The SMILES string of the molecule is c1ccc2cc(-n3c(-c4ccc5c(c4)Sc4cc(-c6nc7ccccc7n6-c6ccc7ccccc7c6)ccc4N5c4nc5ccccc5n4-c4ccc5ccccc5c4)nc4ccccc43)ccc2c1. The molecule has 3 aromatic heterocycles. The Morgan fingerprint density at radius 1 is 0.296 bits per heavy atom. The number of fused-ring (bicyclic) bond motifs is 8. The maximum atomic E-state index is 5.51. The maximum absolute atomic E-state index is 5.51. The highest BCUT2D eigenvalue weighted by Gasteiger charge is 2.31. The van der Waals surface area contributed by atoms with Crippen molar-refractivity contribution < 1.29 is 0 Å². The van der Waals surface area contributed by atoms with E-state index < -0.39 is 0 Å². The monoisotopic (exact) mass is 925 g/mol. The summed E-state index contributed by atoms with van der Waals surface area (Å²) < 4.78 is 6.92. The Bertz CT molecular complexity index is 4280. The number of hydrogen-bond donors (Lipinski definition) is 0. The van der Waals surface area contributed by atoms with Gasteiger partial charge >= 0.3 is 0 Å². The van der Waals surface area contributed by atoms with E-state index in [1.165, 1.54) is 32.3 Å². The fraction of sp³-hybridized carbons (Fsp3) is 0. The van der Waals surface area contributed by atoms with Crippen molar-refractivity contribution in [3.05, 3.63) is 237 Å². The first-order valence-electron chi connectivity index (χ1n) is 23.8. The number of rotatable bonds is 6. The average molecular weight is 926 g/mol. The molecule has 0 amide bonds. The standard InChI is InChI=1S/C63H39N7S/c1-4-16-43-35-48(30-25-40(43)13-1)67-54-22-10-7-19-51(54)64-61(67)46-28-33-57-59(38-46)71-60-39-47(62-65-52-20-8-11-23-55(52)68(62)49-31-26-41-14-2-5-17-44(41)36-49)29-34-58(60)70(57)63-66-53-21-9-12-24-56(53)69(63)50-32-27-42-15-3-6-18-45(42)37-50/h1-39H. The fourth-order valence-electron chi connectivity index (χ4n) is 10.6. The van der Waals surface area contributed by atoms with Crippen molar-refractivity contribution >= 4 is 94.5 Å². The van der Waals surface area contributed by atoms with E-state index in [4.69, 9.17) is 15.0 Å². The zero-order valence-corrected chi connectivity index (χ0v) is 38.9. The predicted molar refractivity (Wildman–Crippen MR) is 293 cm³/mol. The second-order valence-electron chi connectivity index (χ2n) is 18.2. The summed E-state index contributed by atoms with van der Waals surface area (Å²) in [4.78, 5) is 20.8. The van der Waals surface area contributed by atoms with Crippen molar-refractivity contribution in [2.75, 3.05) is 4.90 Å². The molecule has 14 aromatic rings. The van der Waals surface area contributed by atoms with Gasteiger partial charge in [-0.15, -0.1) is 0 Å². The average Bonchev–Trinajstić information content (AvgIpc) is 4.14. The first-order chi connectivity index (χ1) is 35.2. The quantitative estimate of drug-likeness (QED) is 0.166. The van der Waals surface area contributed by atoms with E-state index in [1.54, 1.807) is 11.8 Å². The summed E-state index contributed by atoms with van der Waals surface area (Å²) in [6.45, 7) is 0. The van der Waals surface area contributed by atoms with Gasteiger partial charge in [-0.25, -0.2) is 15.0 Å². The number of hydrogen-bond acceptors (Lipinski definition) is 5. The highest BCUT2D eigenvalue weighted by Crippen LogP contribution is 2.54. The Morgan fingerprint density at radius 2 is 0.662 bits per heavy atom. The molecule has 71 heavy (non-hydrogen) atoms. The number of anilines is 3. The maximum Gasteiger partial charge on any atom is 0.220 e. The molecule has 4 heterocycles. The van der Waals surface area contributed by atoms with Gasteiger partial charge in [-0.3, -0.25) is 18.6 Å². The zero-order chi connectivity index (χ0) is 46.6. The lowest BCUT2D eigenvalue weighted by Gasteiger charge is -2.33. The molecule has 15 rings (SSSR count). The van der Waals surface area contributed by atoms with Crippen LogP contribution in [0.5, 0.6) is 0 Å². The summed E-state index contributed by atoms with van der Waals surface area (Å²) in [6, 6.07) is 84.5. The van der Waals surface area contributed by atoms with Crippen molar-refractivity contribution in [1.29, 1.82) is 0 Å². The topological polar surface area (TPSA) is 56.7 Å². The minimum Gasteiger partial charge on any atom is -0.292 e. The lowest BCUT2D eigenvalue weighted by Crippen LogP contribution is -2.19.